The molecule has 0 bridgehead atoms. The minimum Gasteiger partial charge on any atom is -0.328 e. The van der Waals surface area contributed by atoms with Crippen molar-refractivity contribution < 1.29 is 14.0 Å². The molecule has 0 N–H and O–H groups in total. The number of benzene rings is 1. The third kappa shape index (κ3) is 3.17. The largest absolute Gasteiger partial charge is 0.328 e. The Kier molecular flexibility index (Phi) is 4.25. The van der Waals surface area contributed by atoms with Crippen molar-refractivity contribution in [3.05, 3.63) is 59.0 Å². The van der Waals surface area contributed by atoms with Crippen molar-refractivity contribution in [3.63, 3.8) is 0 Å². The molecule has 5 nitrogen and oxygen atoms in total. The van der Waals surface area contributed by atoms with E-state index >= 15 is 0 Å². The minimum absolute atomic E-state index is 0.166. The molecule has 2 amide bonds. The van der Waals surface area contributed by atoms with E-state index in [1.165, 1.54) is 28.0 Å². The Morgan fingerprint density at radius 2 is 1.96 bits per heavy atom. The summed E-state index contributed by atoms with van der Waals surface area (Å²) >= 11 is 5.97. The van der Waals surface area contributed by atoms with Gasteiger partial charge in [0, 0.05) is 30.9 Å². The highest BCUT2D eigenvalue weighted by Gasteiger charge is 2.34. The lowest BCUT2D eigenvalue weighted by atomic mass is 10.2. The Morgan fingerprint density at radius 1 is 1.13 bits per heavy atom. The zero-order chi connectivity index (χ0) is 16.4. The molecule has 3 rings (SSSR count). The molecule has 0 radical (unpaired) electrons. The maximum absolute atomic E-state index is 13.1. The fourth-order valence-corrected chi connectivity index (χ4v) is 2.64. The second-order valence-corrected chi connectivity index (χ2v) is 5.51. The molecule has 0 atom stereocenters. The molecule has 1 aliphatic heterocycles. The first kappa shape index (κ1) is 15.4. The Morgan fingerprint density at radius 3 is 2.65 bits per heavy atom. The van der Waals surface area contributed by atoms with Gasteiger partial charge in [-0.05, 0) is 29.8 Å². The molecule has 0 unspecified atom stereocenters. The van der Waals surface area contributed by atoms with E-state index < -0.39 is 17.6 Å². The van der Waals surface area contributed by atoms with Crippen LogP contribution in [-0.2, 0) is 16.1 Å². The SMILES string of the molecule is O=C1C(=O)N(c2ccccn2)CCN1Cc1ccc(F)cc1Cl. The Hall–Kier alpha value is -2.47. The second kappa shape index (κ2) is 6.34. The van der Waals surface area contributed by atoms with Gasteiger partial charge in [0.15, 0.2) is 0 Å². The van der Waals surface area contributed by atoms with Crippen LogP contribution < -0.4 is 4.90 Å². The predicted molar refractivity (Wildman–Crippen MR) is 83.4 cm³/mol. The predicted octanol–water partition coefficient (Wildman–Crippen LogP) is 2.25. The highest BCUT2D eigenvalue weighted by atomic mass is 35.5. The first-order valence-electron chi connectivity index (χ1n) is 7.02. The summed E-state index contributed by atoms with van der Waals surface area (Å²) in [6, 6.07) is 9.15. The smallest absolute Gasteiger partial charge is 0.317 e. The number of anilines is 1. The van der Waals surface area contributed by atoms with Crippen molar-refractivity contribution in [2.75, 3.05) is 18.0 Å². The van der Waals surface area contributed by atoms with E-state index in [4.69, 9.17) is 11.6 Å². The van der Waals surface area contributed by atoms with Crippen LogP contribution >= 0.6 is 11.6 Å². The number of aromatic nitrogens is 1. The average Bonchev–Trinajstić information content (AvgIpc) is 2.55. The number of nitrogens with zero attached hydrogens (tertiary/aromatic N) is 3. The number of rotatable bonds is 3. The van der Waals surface area contributed by atoms with Crippen molar-refractivity contribution in [2.45, 2.75) is 6.54 Å². The van der Waals surface area contributed by atoms with Gasteiger partial charge in [0.25, 0.3) is 0 Å². The van der Waals surface area contributed by atoms with E-state index in [9.17, 15) is 14.0 Å². The number of carbonyl (C=O) groups excluding carboxylic acids is 2. The lowest BCUT2D eigenvalue weighted by Crippen LogP contribution is -2.54. The Labute approximate surface area is 137 Å². The monoisotopic (exact) mass is 333 g/mol. The first-order valence-corrected chi connectivity index (χ1v) is 7.40. The molecule has 118 valence electrons. The average molecular weight is 334 g/mol. The van der Waals surface area contributed by atoms with Crippen LogP contribution in [0.25, 0.3) is 0 Å². The quantitative estimate of drug-likeness (QED) is 0.810. The molecule has 0 aliphatic carbocycles. The molecule has 2 heterocycles. The molecular formula is C16H13ClFN3O2. The summed E-state index contributed by atoms with van der Waals surface area (Å²) in [5.74, 6) is -1.25. The summed E-state index contributed by atoms with van der Waals surface area (Å²) < 4.78 is 13.1. The van der Waals surface area contributed by atoms with Crippen LogP contribution in [-0.4, -0.2) is 34.8 Å². The summed E-state index contributed by atoms with van der Waals surface area (Å²) in [5, 5.41) is 0.234. The molecule has 0 spiro atoms. The zero-order valence-corrected chi connectivity index (χ0v) is 12.8. The van der Waals surface area contributed by atoms with Gasteiger partial charge >= 0.3 is 11.8 Å². The Balaban J connectivity index is 1.75. The van der Waals surface area contributed by atoms with Gasteiger partial charge in [-0.2, -0.15) is 0 Å². The number of hydrogen-bond acceptors (Lipinski definition) is 3. The molecule has 1 fully saturated rings. The van der Waals surface area contributed by atoms with Gasteiger partial charge < -0.3 is 4.90 Å². The minimum atomic E-state index is -0.631. The first-order chi connectivity index (χ1) is 11.1. The molecule has 1 aromatic heterocycles. The number of halogens is 2. The third-order valence-electron chi connectivity index (χ3n) is 3.61. The van der Waals surface area contributed by atoms with Crippen LogP contribution in [0.2, 0.25) is 5.02 Å². The molecule has 2 aromatic rings. The second-order valence-electron chi connectivity index (χ2n) is 5.11. The van der Waals surface area contributed by atoms with Gasteiger partial charge in [-0.3, -0.25) is 14.5 Å². The lowest BCUT2D eigenvalue weighted by molar-refractivity contribution is -0.146. The normalized spacial score (nSPS) is 15.2. The van der Waals surface area contributed by atoms with E-state index in [1.54, 1.807) is 24.4 Å². The molecule has 7 heteroatoms. The van der Waals surface area contributed by atoms with Crippen molar-refractivity contribution in [3.8, 4) is 0 Å². The molecular weight excluding hydrogens is 321 g/mol. The summed E-state index contributed by atoms with van der Waals surface area (Å²) in [5.41, 5.74) is 0.598. The van der Waals surface area contributed by atoms with Crippen LogP contribution in [0.4, 0.5) is 10.2 Å². The van der Waals surface area contributed by atoms with E-state index in [-0.39, 0.29) is 11.6 Å². The van der Waals surface area contributed by atoms with Gasteiger partial charge in [-0.25, -0.2) is 9.37 Å². The van der Waals surface area contributed by atoms with Gasteiger partial charge in [-0.15, -0.1) is 0 Å². The van der Waals surface area contributed by atoms with E-state index in [0.717, 1.165) is 0 Å². The number of carbonyl (C=O) groups is 2. The summed E-state index contributed by atoms with van der Waals surface area (Å²) in [7, 11) is 0. The zero-order valence-electron chi connectivity index (χ0n) is 12.1. The van der Waals surface area contributed by atoms with Crippen LogP contribution in [0.5, 0.6) is 0 Å². The number of amides is 2. The lowest BCUT2D eigenvalue weighted by Gasteiger charge is -2.33. The van der Waals surface area contributed by atoms with Crippen LogP contribution in [0.15, 0.2) is 42.6 Å². The van der Waals surface area contributed by atoms with Crippen LogP contribution in [0.3, 0.4) is 0 Å². The summed E-state index contributed by atoms with van der Waals surface area (Å²) in [4.78, 5) is 31.4. The fraction of sp³-hybridized carbons (Fsp3) is 0.188. The maximum atomic E-state index is 13.1. The van der Waals surface area contributed by atoms with E-state index in [1.807, 2.05) is 0 Å². The van der Waals surface area contributed by atoms with Crippen molar-refractivity contribution in [1.82, 2.24) is 9.88 Å². The summed E-state index contributed by atoms with van der Waals surface area (Å²) in [6.07, 6.45) is 1.57. The molecule has 0 saturated carbocycles. The van der Waals surface area contributed by atoms with Gasteiger partial charge in [0.1, 0.15) is 11.6 Å². The highest BCUT2D eigenvalue weighted by molar-refractivity contribution is 6.40. The van der Waals surface area contributed by atoms with Crippen molar-refractivity contribution in [2.24, 2.45) is 0 Å². The summed E-state index contributed by atoms with van der Waals surface area (Å²) in [6.45, 7) is 0.870. The third-order valence-corrected chi connectivity index (χ3v) is 3.96. The highest BCUT2D eigenvalue weighted by Crippen LogP contribution is 2.21. The Bertz CT molecular complexity index is 754. The van der Waals surface area contributed by atoms with Crippen LogP contribution in [0, 0.1) is 5.82 Å². The van der Waals surface area contributed by atoms with Crippen molar-refractivity contribution >= 4 is 29.2 Å². The maximum Gasteiger partial charge on any atom is 0.317 e. The number of piperazine rings is 1. The van der Waals surface area contributed by atoms with Gasteiger partial charge in [0.2, 0.25) is 0 Å². The fourth-order valence-electron chi connectivity index (χ4n) is 2.41. The number of pyridine rings is 1. The van der Waals surface area contributed by atoms with Crippen molar-refractivity contribution in [1.29, 1.82) is 0 Å². The number of hydrogen-bond donors (Lipinski definition) is 0. The van der Waals surface area contributed by atoms with E-state index in [0.29, 0.717) is 24.5 Å². The standard InChI is InChI=1S/C16H13ClFN3O2/c17-13-9-12(18)5-4-11(13)10-20-7-8-21(16(23)15(20)22)14-3-1-2-6-19-14/h1-6,9H,7-8,10H2. The van der Waals surface area contributed by atoms with Gasteiger partial charge in [0.05, 0.1) is 0 Å². The van der Waals surface area contributed by atoms with E-state index in [2.05, 4.69) is 4.98 Å². The van der Waals surface area contributed by atoms with Crippen LogP contribution in [0.1, 0.15) is 5.56 Å². The molecule has 1 aliphatic rings. The molecule has 1 aromatic carbocycles. The molecule has 23 heavy (non-hydrogen) atoms. The van der Waals surface area contributed by atoms with Gasteiger partial charge in [-0.1, -0.05) is 23.7 Å². The molecule has 1 saturated heterocycles. The topological polar surface area (TPSA) is 53.5 Å².